The van der Waals surface area contributed by atoms with Gasteiger partial charge in [-0.05, 0) is 28.1 Å². The number of nitrogen functional groups attached to an aromatic ring is 1. The van der Waals surface area contributed by atoms with Gasteiger partial charge in [0.1, 0.15) is 0 Å². The minimum absolute atomic E-state index is 0.244. The normalized spacial score (nSPS) is 10.3. The molecule has 0 radical (unpaired) electrons. The number of hydrogen-bond donors (Lipinski definition) is 1. The Hall–Kier alpha value is -1.13. The average molecular weight is 285 g/mol. The van der Waals surface area contributed by atoms with Crippen molar-refractivity contribution in [3.05, 3.63) is 40.0 Å². The summed E-state index contributed by atoms with van der Waals surface area (Å²) in [6.07, 6.45) is 1.62. The largest absolute Gasteiger partial charge is 0.368 e. The molecule has 0 saturated heterocycles. The highest BCUT2D eigenvalue weighted by molar-refractivity contribution is 9.10. The highest BCUT2D eigenvalue weighted by Gasteiger charge is 2.06. The highest BCUT2D eigenvalue weighted by atomic mass is 79.9. The molecular weight excluding hydrogens is 277 g/mol. The fourth-order valence-electron chi connectivity index (χ4n) is 1.22. The first-order chi connectivity index (χ1) is 7.16. The van der Waals surface area contributed by atoms with Crippen LogP contribution < -0.4 is 5.73 Å². The van der Waals surface area contributed by atoms with Crippen LogP contribution in [0.15, 0.2) is 34.9 Å². The van der Waals surface area contributed by atoms with Crippen LogP contribution in [0, 0.1) is 0 Å². The van der Waals surface area contributed by atoms with Gasteiger partial charge in [0.25, 0.3) is 0 Å². The summed E-state index contributed by atoms with van der Waals surface area (Å²) in [6.45, 7) is 0. The summed E-state index contributed by atoms with van der Waals surface area (Å²) in [5.41, 5.74) is 7.17. The number of aromatic nitrogens is 2. The predicted octanol–water partition coefficient (Wildman–Crippen LogP) is 3.14. The molecule has 0 fully saturated rings. The Kier molecular flexibility index (Phi) is 2.88. The summed E-state index contributed by atoms with van der Waals surface area (Å²) in [4.78, 5) is 8.02. The van der Waals surface area contributed by atoms with Crippen LogP contribution in [-0.2, 0) is 0 Å². The van der Waals surface area contributed by atoms with Gasteiger partial charge in [-0.15, -0.1) is 0 Å². The van der Waals surface area contributed by atoms with Crippen LogP contribution in [0.4, 0.5) is 5.95 Å². The van der Waals surface area contributed by atoms with Crippen molar-refractivity contribution in [1.82, 2.24) is 9.97 Å². The zero-order valence-corrected chi connectivity index (χ0v) is 9.96. The molecular formula is C10H7BrClN3. The molecule has 2 rings (SSSR count). The van der Waals surface area contributed by atoms with Crippen LogP contribution >= 0.6 is 27.5 Å². The Morgan fingerprint density at radius 1 is 1.33 bits per heavy atom. The minimum atomic E-state index is 0.244. The van der Waals surface area contributed by atoms with Gasteiger partial charge in [-0.25, -0.2) is 9.97 Å². The topological polar surface area (TPSA) is 51.8 Å². The second kappa shape index (κ2) is 4.16. The monoisotopic (exact) mass is 283 g/mol. The third kappa shape index (κ3) is 2.27. The zero-order chi connectivity index (χ0) is 10.8. The molecule has 2 aromatic rings. The molecule has 0 saturated carbocycles. The van der Waals surface area contributed by atoms with E-state index in [0.717, 1.165) is 15.7 Å². The lowest BCUT2D eigenvalue weighted by atomic mass is 10.1. The van der Waals surface area contributed by atoms with Crippen LogP contribution in [0.1, 0.15) is 0 Å². The predicted molar refractivity (Wildman–Crippen MR) is 64.6 cm³/mol. The maximum absolute atomic E-state index is 5.90. The molecule has 0 aliphatic carbocycles. The standard InChI is InChI=1S/C10H7BrClN3/c11-8-5-14-10(13)15-9(8)6-2-1-3-7(12)4-6/h1-5H,(H2,13,14,15). The van der Waals surface area contributed by atoms with E-state index in [1.54, 1.807) is 6.20 Å². The van der Waals surface area contributed by atoms with Gasteiger partial charge in [0.05, 0.1) is 10.2 Å². The Morgan fingerprint density at radius 2 is 2.13 bits per heavy atom. The van der Waals surface area contributed by atoms with Crippen LogP contribution in [0.5, 0.6) is 0 Å². The summed E-state index contributed by atoms with van der Waals surface area (Å²) in [5.74, 6) is 0.244. The molecule has 0 atom stereocenters. The molecule has 15 heavy (non-hydrogen) atoms. The van der Waals surface area contributed by atoms with E-state index in [9.17, 15) is 0 Å². The number of nitrogens with two attached hydrogens (primary N) is 1. The number of benzene rings is 1. The summed E-state index contributed by atoms with van der Waals surface area (Å²) in [5, 5.41) is 0.664. The molecule has 0 spiro atoms. The van der Waals surface area contributed by atoms with Gasteiger partial charge in [-0.1, -0.05) is 23.7 Å². The van der Waals surface area contributed by atoms with Gasteiger partial charge < -0.3 is 5.73 Å². The van der Waals surface area contributed by atoms with Gasteiger partial charge in [0.2, 0.25) is 5.95 Å². The molecule has 76 valence electrons. The minimum Gasteiger partial charge on any atom is -0.368 e. The lowest BCUT2D eigenvalue weighted by molar-refractivity contribution is 1.17. The van der Waals surface area contributed by atoms with Gasteiger partial charge in [0.15, 0.2) is 0 Å². The van der Waals surface area contributed by atoms with Gasteiger partial charge in [0, 0.05) is 16.8 Å². The third-order valence-corrected chi connectivity index (χ3v) is 2.68. The van der Waals surface area contributed by atoms with Crippen molar-refractivity contribution in [2.45, 2.75) is 0 Å². The first-order valence-corrected chi connectivity index (χ1v) is 5.38. The van der Waals surface area contributed by atoms with Crippen LogP contribution in [0.25, 0.3) is 11.3 Å². The number of nitrogens with zero attached hydrogens (tertiary/aromatic N) is 2. The van der Waals surface area contributed by atoms with Gasteiger partial charge >= 0.3 is 0 Å². The Bertz CT molecular complexity index is 502. The molecule has 5 heteroatoms. The summed E-state index contributed by atoms with van der Waals surface area (Å²) in [6, 6.07) is 7.42. The maximum Gasteiger partial charge on any atom is 0.220 e. The molecule has 0 aliphatic heterocycles. The van der Waals surface area contributed by atoms with Crippen LogP contribution in [0.3, 0.4) is 0 Å². The van der Waals surface area contributed by atoms with E-state index in [4.69, 9.17) is 17.3 Å². The Balaban J connectivity index is 2.58. The molecule has 0 unspecified atom stereocenters. The lowest BCUT2D eigenvalue weighted by Gasteiger charge is -2.04. The van der Waals surface area contributed by atoms with Crippen molar-refractivity contribution in [2.75, 3.05) is 5.73 Å². The quantitative estimate of drug-likeness (QED) is 0.875. The SMILES string of the molecule is Nc1ncc(Br)c(-c2cccc(Cl)c2)n1. The Morgan fingerprint density at radius 3 is 2.87 bits per heavy atom. The number of anilines is 1. The van der Waals surface area contributed by atoms with Crippen molar-refractivity contribution in [2.24, 2.45) is 0 Å². The summed E-state index contributed by atoms with van der Waals surface area (Å²) in [7, 11) is 0. The molecule has 1 heterocycles. The van der Waals surface area contributed by atoms with E-state index in [1.165, 1.54) is 0 Å². The molecule has 1 aromatic carbocycles. The highest BCUT2D eigenvalue weighted by Crippen LogP contribution is 2.27. The molecule has 0 amide bonds. The van der Waals surface area contributed by atoms with Crippen molar-refractivity contribution in [3.63, 3.8) is 0 Å². The summed E-state index contributed by atoms with van der Waals surface area (Å²) >= 11 is 9.26. The first-order valence-electron chi connectivity index (χ1n) is 4.21. The molecule has 0 bridgehead atoms. The van der Waals surface area contributed by atoms with E-state index in [2.05, 4.69) is 25.9 Å². The number of hydrogen-bond acceptors (Lipinski definition) is 3. The van der Waals surface area contributed by atoms with Crippen molar-refractivity contribution in [1.29, 1.82) is 0 Å². The van der Waals surface area contributed by atoms with Crippen molar-refractivity contribution >= 4 is 33.5 Å². The average Bonchev–Trinajstić information content (AvgIpc) is 2.22. The lowest BCUT2D eigenvalue weighted by Crippen LogP contribution is -1.96. The molecule has 0 aliphatic rings. The fourth-order valence-corrected chi connectivity index (χ4v) is 1.83. The van der Waals surface area contributed by atoms with Crippen molar-refractivity contribution in [3.8, 4) is 11.3 Å². The number of halogens is 2. The van der Waals surface area contributed by atoms with E-state index in [1.807, 2.05) is 24.3 Å². The second-order valence-electron chi connectivity index (χ2n) is 2.94. The van der Waals surface area contributed by atoms with E-state index < -0.39 is 0 Å². The smallest absolute Gasteiger partial charge is 0.220 e. The molecule has 3 nitrogen and oxygen atoms in total. The third-order valence-electron chi connectivity index (χ3n) is 1.86. The maximum atomic E-state index is 5.90. The van der Waals surface area contributed by atoms with Crippen molar-refractivity contribution < 1.29 is 0 Å². The first kappa shape index (κ1) is 10.4. The molecule has 1 aromatic heterocycles. The Labute approximate surface area is 100 Å². The second-order valence-corrected chi connectivity index (χ2v) is 4.23. The van der Waals surface area contributed by atoms with E-state index >= 15 is 0 Å². The molecule has 2 N–H and O–H groups in total. The van der Waals surface area contributed by atoms with Gasteiger partial charge in [-0.2, -0.15) is 0 Å². The van der Waals surface area contributed by atoms with Crippen LogP contribution in [0.2, 0.25) is 5.02 Å². The fraction of sp³-hybridized carbons (Fsp3) is 0. The van der Waals surface area contributed by atoms with E-state index in [-0.39, 0.29) is 5.95 Å². The van der Waals surface area contributed by atoms with Gasteiger partial charge in [-0.3, -0.25) is 0 Å². The zero-order valence-electron chi connectivity index (χ0n) is 7.61. The number of rotatable bonds is 1. The van der Waals surface area contributed by atoms with E-state index in [0.29, 0.717) is 5.02 Å². The summed E-state index contributed by atoms with van der Waals surface area (Å²) < 4.78 is 0.791. The van der Waals surface area contributed by atoms with Crippen LogP contribution in [-0.4, -0.2) is 9.97 Å².